The summed E-state index contributed by atoms with van der Waals surface area (Å²) in [4.78, 5) is 2.52. The zero-order valence-electron chi connectivity index (χ0n) is 38.2. The van der Waals surface area contributed by atoms with Crippen LogP contribution in [0.3, 0.4) is 0 Å². The maximum atomic E-state index is 2.52. The van der Waals surface area contributed by atoms with Crippen LogP contribution in [0.1, 0.15) is 22.3 Å². The van der Waals surface area contributed by atoms with Gasteiger partial charge < -0.3 is 14.0 Å². The predicted molar refractivity (Wildman–Crippen MR) is 292 cm³/mol. The van der Waals surface area contributed by atoms with E-state index in [-0.39, 0.29) is 0 Å². The number of hydrogen-bond acceptors (Lipinski definition) is 1. The van der Waals surface area contributed by atoms with E-state index in [1.807, 2.05) is 0 Å². The smallest absolute Gasteiger partial charge is 0.0755 e. The molecule has 2 aliphatic rings. The van der Waals surface area contributed by atoms with Gasteiger partial charge in [-0.3, -0.25) is 0 Å². The van der Waals surface area contributed by atoms with Crippen molar-refractivity contribution >= 4 is 60.7 Å². The fraction of sp³-hybridized carbons (Fsp3) is 0.0149. The summed E-state index contributed by atoms with van der Waals surface area (Å²) < 4.78 is 4.93. The van der Waals surface area contributed by atoms with Crippen LogP contribution in [0.2, 0.25) is 0 Å². The zero-order chi connectivity index (χ0) is 45.9. The van der Waals surface area contributed by atoms with E-state index < -0.39 is 5.41 Å². The molecule has 13 aromatic rings. The van der Waals surface area contributed by atoms with Crippen molar-refractivity contribution in [2.75, 3.05) is 4.90 Å². The minimum Gasteiger partial charge on any atom is -0.309 e. The Hall–Kier alpha value is -9.18. The summed E-state index contributed by atoms with van der Waals surface area (Å²) in [6, 6.07) is 96.7. The Bertz CT molecular complexity index is 4180. The van der Waals surface area contributed by atoms with Gasteiger partial charge in [0.05, 0.1) is 44.5 Å². The second-order valence-electron chi connectivity index (χ2n) is 18.7. The Morgan fingerprint density at radius 1 is 0.300 bits per heavy atom. The Morgan fingerprint density at radius 3 is 1.54 bits per heavy atom. The van der Waals surface area contributed by atoms with Gasteiger partial charge >= 0.3 is 0 Å². The van der Waals surface area contributed by atoms with E-state index in [1.165, 1.54) is 93.8 Å². The van der Waals surface area contributed by atoms with Crippen LogP contribution >= 0.6 is 0 Å². The molecule has 1 atom stereocenters. The van der Waals surface area contributed by atoms with Crippen LogP contribution in [0, 0.1) is 0 Å². The van der Waals surface area contributed by atoms with E-state index in [0.717, 1.165) is 33.9 Å². The lowest BCUT2D eigenvalue weighted by Crippen LogP contribution is -2.33. The van der Waals surface area contributed by atoms with Crippen molar-refractivity contribution in [2.24, 2.45) is 0 Å². The third kappa shape index (κ3) is 5.29. The second-order valence-corrected chi connectivity index (χ2v) is 18.7. The van der Waals surface area contributed by atoms with E-state index in [2.05, 4.69) is 275 Å². The van der Waals surface area contributed by atoms with Gasteiger partial charge in [-0.2, -0.15) is 0 Å². The van der Waals surface area contributed by atoms with Crippen molar-refractivity contribution in [2.45, 2.75) is 5.41 Å². The van der Waals surface area contributed by atoms with Crippen LogP contribution in [0.5, 0.6) is 0 Å². The molecule has 1 aliphatic heterocycles. The molecule has 3 heteroatoms. The first-order chi connectivity index (χ1) is 34.8. The molecular weight excluding hydrogens is 847 g/mol. The number of benzene rings is 11. The molecule has 1 aliphatic carbocycles. The number of anilines is 3. The number of fused-ring (bicyclic) bond motifs is 15. The molecule has 0 amide bonds. The second kappa shape index (κ2) is 14.9. The van der Waals surface area contributed by atoms with Crippen LogP contribution in [0.4, 0.5) is 17.1 Å². The first-order valence-corrected chi connectivity index (χ1v) is 24.3. The van der Waals surface area contributed by atoms with E-state index in [9.17, 15) is 0 Å². The van der Waals surface area contributed by atoms with Gasteiger partial charge in [-0.05, 0) is 105 Å². The van der Waals surface area contributed by atoms with Crippen molar-refractivity contribution in [1.29, 1.82) is 0 Å². The van der Waals surface area contributed by atoms with Gasteiger partial charge in [-0.25, -0.2) is 0 Å². The molecule has 1 unspecified atom stereocenters. The molecule has 15 rings (SSSR count). The van der Waals surface area contributed by atoms with Crippen molar-refractivity contribution in [3.63, 3.8) is 0 Å². The lowest BCUT2D eigenvalue weighted by atomic mass is 9.65. The number of nitrogens with zero attached hydrogens (tertiary/aromatic N) is 3. The van der Waals surface area contributed by atoms with Crippen LogP contribution in [-0.2, 0) is 5.41 Å². The molecule has 0 bridgehead atoms. The first-order valence-electron chi connectivity index (χ1n) is 24.3. The monoisotopic (exact) mass is 889 g/mol. The van der Waals surface area contributed by atoms with Gasteiger partial charge in [0, 0.05) is 44.0 Å². The maximum Gasteiger partial charge on any atom is 0.0755 e. The average Bonchev–Trinajstić information content (AvgIpc) is 4.07. The molecule has 0 radical (unpaired) electrons. The molecule has 0 N–H and O–H groups in total. The molecule has 3 nitrogen and oxygen atoms in total. The third-order valence-electron chi connectivity index (χ3n) is 15.3. The largest absolute Gasteiger partial charge is 0.309 e. The molecular formula is C67H43N3. The molecule has 70 heavy (non-hydrogen) atoms. The highest BCUT2D eigenvalue weighted by Gasteiger charge is 2.51. The SMILES string of the molecule is c1ccc(-c2ccc(-c3ccccc3N(c3ccc(-n4c5ccccc5c5ccccc54)cc3)c3cccc4c3-c3ccccc3C43c4ccccc4-n4c5ccccc5c5cccc3c54)cc2)cc1. The predicted octanol–water partition coefficient (Wildman–Crippen LogP) is 17.4. The average molecular weight is 890 g/mol. The third-order valence-corrected chi connectivity index (χ3v) is 15.3. The van der Waals surface area contributed by atoms with Gasteiger partial charge in [0.2, 0.25) is 0 Å². The van der Waals surface area contributed by atoms with E-state index in [1.54, 1.807) is 0 Å². The van der Waals surface area contributed by atoms with Gasteiger partial charge in [0.25, 0.3) is 0 Å². The number of rotatable bonds is 6. The Labute approximate surface area is 406 Å². The maximum absolute atomic E-state index is 2.52. The highest BCUT2D eigenvalue weighted by atomic mass is 15.2. The van der Waals surface area contributed by atoms with Gasteiger partial charge in [-0.15, -0.1) is 0 Å². The van der Waals surface area contributed by atoms with Crippen molar-refractivity contribution in [1.82, 2.24) is 9.13 Å². The Morgan fingerprint density at radius 2 is 0.800 bits per heavy atom. The molecule has 3 heterocycles. The van der Waals surface area contributed by atoms with Crippen LogP contribution < -0.4 is 4.90 Å². The molecule has 0 saturated heterocycles. The minimum atomic E-state index is -0.582. The number of hydrogen-bond donors (Lipinski definition) is 0. The standard InChI is InChI=1S/C67H43N3/c1-2-18-44(19-3-1)45-36-38-46(39-37-45)49-20-5-11-30-59(49)69(48-42-40-47(41-43-48)68-60-31-12-6-21-50(60)51-22-7-13-32-61(51)68)64-35-17-28-57-65(64)54-24-4-9-26-55(54)67(57)56-27-10-15-34-63(56)70-62-33-14-8-23-52(62)53-25-16-29-58(67)66(53)70/h1-43H. The number of para-hydroxylation sites is 6. The summed E-state index contributed by atoms with van der Waals surface area (Å²) in [5, 5.41) is 5.06. The lowest BCUT2D eigenvalue weighted by molar-refractivity contribution is 0.748. The van der Waals surface area contributed by atoms with E-state index >= 15 is 0 Å². The molecule has 1 spiro atoms. The van der Waals surface area contributed by atoms with Crippen molar-refractivity contribution in [3.8, 4) is 44.8 Å². The topological polar surface area (TPSA) is 13.1 Å². The lowest BCUT2D eigenvalue weighted by Gasteiger charge is -2.39. The van der Waals surface area contributed by atoms with Crippen LogP contribution in [-0.4, -0.2) is 9.13 Å². The fourth-order valence-corrected chi connectivity index (χ4v) is 12.5. The van der Waals surface area contributed by atoms with Crippen molar-refractivity contribution < 1.29 is 0 Å². The van der Waals surface area contributed by atoms with E-state index in [4.69, 9.17) is 0 Å². The van der Waals surface area contributed by atoms with E-state index in [0.29, 0.717) is 0 Å². The highest BCUT2D eigenvalue weighted by molar-refractivity contribution is 6.14. The molecule has 2 aromatic heterocycles. The number of aromatic nitrogens is 2. The molecule has 0 fully saturated rings. The quantitative estimate of drug-likeness (QED) is 0.162. The highest BCUT2D eigenvalue weighted by Crippen LogP contribution is 2.63. The van der Waals surface area contributed by atoms with Gasteiger partial charge in [0.15, 0.2) is 0 Å². The summed E-state index contributed by atoms with van der Waals surface area (Å²) in [5.74, 6) is 0. The normalized spacial score (nSPS) is 14.3. The van der Waals surface area contributed by atoms with Crippen molar-refractivity contribution in [3.05, 3.63) is 283 Å². The molecule has 11 aromatic carbocycles. The van der Waals surface area contributed by atoms with Gasteiger partial charge in [0.1, 0.15) is 0 Å². The fourth-order valence-electron chi connectivity index (χ4n) is 12.5. The molecule has 0 saturated carbocycles. The summed E-state index contributed by atoms with van der Waals surface area (Å²) in [6.07, 6.45) is 0. The summed E-state index contributed by atoms with van der Waals surface area (Å²) in [7, 11) is 0. The van der Waals surface area contributed by atoms with Crippen LogP contribution in [0.25, 0.3) is 88.4 Å². The summed E-state index contributed by atoms with van der Waals surface area (Å²) >= 11 is 0. The summed E-state index contributed by atoms with van der Waals surface area (Å²) in [6.45, 7) is 0. The zero-order valence-corrected chi connectivity index (χ0v) is 38.2. The first kappa shape index (κ1) is 38.9. The molecule has 326 valence electrons. The van der Waals surface area contributed by atoms with Crippen LogP contribution in [0.15, 0.2) is 261 Å². The Kier molecular flexibility index (Phi) is 8.28. The Balaban J connectivity index is 0.995. The van der Waals surface area contributed by atoms with Gasteiger partial charge in [-0.1, -0.05) is 200 Å². The minimum absolute atomic E-state index is 0.582. The summed E-state index contributed by atoms with van der Waals surface area (Å²) in [5.41, 5.74) is 22.4.